The summed E-state index contributed by atoms with van der Waals surface area (Å²) in [6, 6.07) is -11.5. The number of carbonyl (C=O) groups is 14. The van der Waals surface area contributed by atoms with Gasteiger partial charge in [0.05, 0.1) is 31.8 Å². The Labute approximate surface area is 508 Å². The van der Waals surface area contributed by atoms with Gasteiger partial charge in [0.2, 0.25) is 59.1 Å². The molecular weight excluding hydrogens is 1180 g/mol. The molecule has 0 unspecified atom stereocenters. The first-order chi connectivity index (χ1) is 41.5. The van der Waals surface area contributed by atoms with Gasteiger partial charge < -0.3 is 101 Å². The average molecular weight is 1270 g/mol. The van der Waals surface area contributed by atoms with Crippen molar-refractivity contribution in [3.63, 3.8) is 0 Å². The third kappa shape index (κ3) is 27.6. The van der Waals surface area contributed by atoms with Crippen LogP contribution in [0.4, 0.5) is 0 Å². The van der Waals surface area contributed by atoms with Crippen LogP contribution in [0, 0.1) is 5.92 Å². The van der Waals surface area contributed by atoms with Crippen molar-refractivity contribution in [3.05, 3.63) is 48.0 Å². The summed E-state index contributed by atoms with van der Waals surface area (Å²) in [6.45, 7) is 2.16. The highest BCUT2D eigenvalue weighted by Crippen LogP contribution is 2.15. The van der Waals surface area contributed by atoms with E-state index in [4.69, 9.17) is 17.2 Å². The lowest BCUT2D eigenvalue weighted by Gasteiger charge is -2.29. The van der Waals surface area contributed by atoms with Crippen LogP contribution in [-0.4, -0.2) is 209 Å². The van der Waals surface area contributed by atoms with Crippen LogP contribution in [0.2, 0.25) is 0 Å². The first-order valence-corrected chi connectivity index (χ1v) is 29.1. The number of aliphatic hydroxyl groups is 1. The summed E-state index contributed by atoms with van der Waals surface area (Å²) in [5, 5.41) is 78.9. The van der Waals surface area contributed by atoms with Gasteiger partial charge in [-0.05, 0) is 74.3 Å². The van der Waals surface area contributed by atoms with Gasteiger partial charge in [0.25, 0.3) is 0 Å². The number of carboxylic acids is 4. The van der Waals surface area contributed by atoms with E-state index in [9.17, 15) is 97.8 Å². The molecule has 1 aromatic heterocycles. The maximum atomic E-state index is 14.4. The van der Waals surface area contributed by atoms with Crippen molar-refractivity contribution in [3.8, 4) is 5.75 Å². The standard InChI is InChI=1S/C53H80N14O20S/c1-4-26(2)43(67-50(83)35(20-28-23-57-25-58-28)63-48(81)36(21-39(56)70)64-47(80)34(19-27-8-10-29(69)11-9-27)62-44(77)30(55)7-5-6-17-54)52(85)65-37(22-42(75)76)49(82)59-32(13-15-41(73)74)46(79)66-38(24-68)51(84)60-31(12-14-40(71)72)45(78)61-33(53(86)87)16-18-88-3/h8-11,23,25-26,30-38,43,68-69H,4-7,12-22,24,54-55H2,1-3H3,(H2,56,70)(H,57,58)(H,59,82)(H,60,84)(H,61,78)(H,62,77)(H,63,81)(H,64,80)(H,65,85)(H,66,79)(H,67,83)(H,71,72)(H,73,74)(H,75,76)(H,86,87)/t26-,30-,31-,32-,33-,34-,35-,36-,37-,38-,43-/m0/s1. The fourth-order valence-electron chi connectivity index (χ4n) is 8.23. The largest absolute Gasteiger partial charge is 0.508 e. The Kier molecular flexibility index (Phi) is 33.3. The third-order valence-corrected chi connectivity index (χ3v) is 14.0. The maximum Gasteiger partial charge on any atom is 0.326 e. The number of amides is 10. The second-order valence-corrected chi connectivity index (χ2v) is 21.3. The number of phenolic OH excluding ortho intramolecular Hbond substituents is 1. The topological polar surface area (TPSA) is 575 Å². The number of carbonyl (C=O) groups excluding carboxylic acids is 10. The molecule has 0 aliphatic rings. The van der Waals surface area contributed by atoms with Crippen LogP contribution in [0.5, 0.6) is 5.75 Å². The number of unbranched alkanes of at least 4 members (excludes halogenated alkanes) is 1. The summed E-state index contributed by atoms with van der Waals surface area (Å²) in [5.41, 5.74) is 17.8. The second-order valence-electron chi connectivity index (χ2n) is 20.3. The number of thioether (sulfide) groups is 1. The minimum Gasteiger partial charge on any atom is -0.508 e. The Morgan fingerprint density at radius 2 is 1.03 bits per heavy atom. The van der Waals surface area contributed by atoms with Gasteiger partial charge in [-0.2, -0.15) is 11.8 Å². The van der Waals surface area contributed by atoms with E-state index in [1.807, 2.05) is 0 Å². The van der Waals surface area contributed by atoms with Crippen molar-refractivity contribution in [2.75, 3.05) is 25.2 Å². The Hall–Kier alpha value is -8.96. The van der Waals surface area contributed by atoms with Crippen molar-refractivity contribution in [2.45, 2.75) is 158 Å². The van der Waals surface area contributed by atoms with Gasteiger partial charge in [-0.3, -0.25) is 62.3 Å². The minimum absolute atomic E-state index is 0.0682. The second kappa shape index (κ2) is 39.0. The number of H-pyrrole nitrogens is 1. The molecule has 0 spiro atoms. The molecular formula is C53H80N14O20S. The summed E-state index contributed by atoms with van der Waals surface area (Å²) in [6.07, 6.45) is -0.177. The molecule has 22 N–H and O–H groups in total. The highest BCUT2D eigenvalue weighted by Gasteiger charge is 2.38. The molecule has 0 aliphatic heterocycles. The van der Waals surface area contributed by atoms with Crippen molar-refractivity contribution < 1.29 is 97.8 Å². The molecule has 0 aliphatic carbocycles. The molecule has 1 aromatic carbocycles. The number of phenols is 1. The number of imidazole rings is 1. The SMILES string of the molecule is CC[C@H](C)[C@H](NC(=O)[C@H](Cc1cnc[nH]1)NC(=O)[C@H](CC(N)=O)NC(=O)[C@H](Cc1ccc(O)cc1)NC(=O)[C@@H](N)CCCCN)C(=O)N[C@@H](CC(=O)O)C(=O)N[C@@H](CCC(=O)O)C(=O)N[C@@H](CO)C(=O)N[C@@H](CCC(=O)O)C(=O)N[C@@H](CCSC)C(=O)O. The molecule has 2 aromatic rings. The van der Waals surface area contributed by atoms with Crippen molar-refractivity contribution in [1.29, 1.82) is 0 Å². The van der Waals surface area contributed by atoms with Crippen LogP contribution >= 0.6 is 11.8 Å². The van der Waals surface area contributed by atoms with E-state index in [1.54, 1.807) is 13.2 Å². The smallest absolute Gasteiger partial charge is 0.326 e. The lowest BCUT2D eigenvalue weighted by atomic mass is 9.96. The quantitative estimate of drug-likeness (QED) is 0.0276. The van der Waals surface area contributed by atoms with Gasteiger partial charge in [-0.1, -0.05) is 38.8 Å². The van der Waals surface area contributed by atoms with Gasteiger partial charge in [0.1, 0.15) is 60.1 Å². The lowest BCUT2D eigenvalue weighted by molar-refractivity contribution is -0.143. The molecule has 10 amide bonds. The Morgan fingerprint density at radius 1 is 0.568 bits per heavy atom. The van der Waals surface area contributed by atoms with Crippen LogP contribution in [-0.2, 0) is 80.0 Å². The highest BCUT2D eigenvalue weighted by atomic mass is 32.2. The average Bonchev–Trinajstić information content (AvgIpc) is 4.15. The molecule has 0 saturated carbocycles. The number of aromatic hydroxyl groups is 1. The number of benzene rings is 1. The van der Waals surface area contributed by atoms with E-state index in [-0.39, 0.29) is 42.9 Å². The molecule has 0 bridgehead atoms. The number of nitrogens with two attached hydrogens (primary N) is 3. The fourth-order valence-corrected chi connectivity index (χ4v) is 8.70. The molecule has 2 rings (SSSR count). The van der Waals surface area contributed by atoms with Crippen molar-refractivity contribution >= 4 is 94.7 Å². The number of nitrogens with one attached hydrogen (secondary N) is 10. The molecule has 88 heavy (non-hydrogen) atoms. The van der Waals surface area contributed by atoms with Gasteiger partial charge in [-0.15, -0.1) is 0 Å². The van der Waals surface area contributed by atoms with Gasteiger partial charge in [0, 0.05) is 37.6 Å². The summed E-state index contributed by atoms with van der Waals surface area (Å²) in [5.74, 6) is -18.4. The molecule has 34 nitrogen and oxygen atoms in total. The number of hydrogen-bond donors (Lipinski definition) is 19. The first-order valence-electron chi connectivity index (χ1n) is 27.7. The van der Waals surface area contributed by atoms with Crippen molar-refractivity contribution in [2.24, 2.45) is 23.1 Å². The molecule has 0 fully saturated rings. The van der Waals surface area contributed by atoms with E-state index in [0.29, 0.717) is 24.9 Å². The lowest BCUT2D eigenvalue weighted by Crippen LogP contribution is -2.62. The summed E-state index contributed by atoms with van der Waals surface area (Å²) in [4.78, 5) is 191. The molecule has 0 radical (unpaired) electrons. The third-order valence-electron chi connectivity index (χ3n) is 13.4. The zero-order valence-corrected chi connectivity index (χ0v) is 49.4. The van der Waals surface area contributed by atoms with Crippen LogP contribution in [0.15, 0.2) is 36.8 Å². The molecule has 488 valence electrons. The van der Waals surface area contributed by atoms with Crippen molar-refractivity contribution in [1.82, 2.24) is 57.8 Å². The number of aliphatic carboxylic acids is 4. The normalized spacial score (nSPS) is 14.8. The van der Waals surface area contributed by atoms with Crippen LogP contribution in [0.3, 0.4) is 0 Å². The summed E-state index contributed by atoms with van der Waals surface area (Å²) < 4.78 is 0. The number of primary amides is 1. The van der Waals surface area contributed by atoms with Gasteiger partial charge >= 0.3 is 23.9 Å². The van der Waals surface area contributed by atoms with Gasteiger partial charge in [-0.25, -0.2) is 9.78 Å². The summed E-state index contributed by atoms with van der Waals surface area (Å²) in [7, 11) is 0. The number of aromatic nitrogens is 2. The highest BCUT2D eigenvalue weighted by molar-refractivity contribution is 7.98. The molecule has 35 heteroatoms. The van der Waals surface area contributed by atoms with E-state index in [1.165, 1.54) is 55.5 Å². The number of rotatable bonds is 43. The Morgan fingerprint density at radius 3 is 1.52 bits per heavy atom. The van der Waals surface area contributed by atoms with E-state index < -0.39 is 201 Å². The molecule has 11 atom stereocenters. The van der Waals surface area contributed by atoms with Gasteiger partial charge in [0.15, 0.2) is 0 Å². The van der Waals surface area contributed by atoms with Crippen LogP contribution < -0.4 is 65.1 Å². The van der Waals surface area contributed by atoms with E-state index in [0.717, 1.165) is 0 Å². The predicted octanol–water partition coefficient (Wildman–Crippen LogP) is -5.32. The summed E-state index contributed by atoms with van der Waals surface area (Å²) >= 11 is 1.26. The predicted molar refractivity (Wildman–Crippen MR) is 309 cm³/mol. The number of nitrogens with zero attached hydrogens (tertiary/aromatic N) is 1. The molecule has 0 saturated heterocycles. The first kappa shape index (κ1) is 75.1. The zero-order chi connectivity index (χ0) is 66.2. The Bertz CT molecular complexity index is 2720. The maximum absolute atomic E-state index is 14.4. The number of hydrogen-bond acceptors (Lipinski definition) is 20. The zero-order valence-electron chi connectivity index (χ0n) is 48.6. The van der Waals surface area contributed by atoms with Crippen LogP contribution in [0.25, 0.3) is 0 Å². The Balaban J connectivity index is 2.48. The minimum atomic E-state index is -2.11. The number of carboxylic acid groups (broad SMARTS) is 4. The number of aromatic amines is 1. The van der Waals surface area contributed by atoms with E-state index in [2.05, 4.69) is 57.8 Å². The molecule has 1 heterocycles. The number of aliphatic hydroxyl groups excluding tert-OH is 1. The monoisotopic (exact) mass is 1260 g/mol. The van der Waals surface area contributed by atoms with E-state index >= 15 is 0 Å². The fraction of sp³-hybridized carbons (Fsp3) is 0.566. The van der Waals surface area contributed by atoms with Crippen LogP contribution in [0.1, 0.15) is 95.7 Å².